The molecule has 60 heavy (non-hydrogen) atoms. The van der Waals surface area contributed by atoms with Crippen molar-refractivity contribution in [1.82, 2.24) is 30.4 Å². The first-order valence-electron chi connectivity index (χ1n) is 21.5. The second-order valence-electron chi connectivity index (χ2n) is 15.8. The van der Waals surface area contributed by atoms with Gasteiger partial charge in [-0.3, -0.25) is 19.6 Å². The number of rotatable bonds is 8. The standard InChI is InChI=1S/2C24H29N3O3/c2*1-3-27(4-2)23(29)21-8-6-17(16-26-21)20-15-24(10-5-12-25-13-11-24)30-22-9-7-18(28)14-19(20)22/h2*6-9,14-16,25,28H,3-5,10-13H2,1-2H3. The minimum atomic E-state index is -0.376. The van der Waals surface area contributed by atoms with Gasteiger partial charge in [-0.05, 0) is 151 Å². The number of aromatic nitrogens is 2. The lowest BCUT2D eigenvalue weighted by Crippen LogP contribution is -2.37. The molecule has 2 spiro atoms. The van der Waals surface area contributed by atoms with Gasteiger partial charge in [0, 0.05) is 73.7 Å². The van der Waals surface area contributed by atoms with E-state index in [9.17, 15) is 19.8 Å². The third-order valence-electron chi connectivity index (χ3n) is 12.0. The molecule has 4 aromatic rings. The Balaban J connectivity index is 0.000000181. The van der Waals surface area contributed by atoms with Crippen LogP contribution in [0.2, 0.25) is 0 Å². The molecule has 2 saturated heterocycles. The first-order chi connectivity index (χ1) is 29.1. The van der Waals surface area contributed by atoms with Crippen molar-refractivity contribution in [3.63, 3.8) is 0 Å². The van der Waals surface area contributed by atoms with Gasteiger partial charge >= 0.3 is 0 Å². The van der Waals surface area contributed by atoms with Crippen LogP contribution in [-0.2, 0) is 0 Å². The third kappa shape index (κ3) is 9.19. The minimum absolute atomic E-state index is 0.0585. The van der Waals surface area contributed by atoms with Crippen LogP contribution in [0.1, 0.15) is 109 Å². The summed E-state index contributed by atoms with van der Waals surface area (Å²) in [4.78, 5) is 37.7. The summed E-state index contributed by atoms with van der Waals surface area (Å²) >= 11 is 0. The van der Waals surface area contributed by atoms with E-state index in [1.165, 1.54) is 0 Å². The van der Waals surface area contributed by atoms with E-state index in [2.05, 4.69) is 32.8 Å². The number of ether oxygens (including phenoxy) is 2. The van der Waals surface area contributed by atoms with Crippen molar-refractivity contribution in [2.24, 2.45) is 0 Å². The number of benzene rings is 2. The van der Waals surface area contributed by atoms with Crippen LogP contribution >= 0.6 is 0 Å². The Labute approximate surface area is 353 Å². The summed E-state index contributed by atoms with van der Waals surface area (Å²) in [5.41, 5.74) is 5.64. The smallest absolute Gasteiger partial charge is 0.272 e. The molecule has 0 aliphatic carbocycles. The summed E-state index contributed by atoms with van der Waals surface area (Å²) in [5, 5.41) is 27.0. The number of hydrogen-bond acceptors (Lipinski definition) is 10. The Kier molecular flexibility index (Phi) is 13.2. The maximum atomic E-state index is 12.6. The first-order valence-corrected chi connectivity index (χ1v) is 21.5. The summed E-state index contributed by atoms with van der Waals surface area (Å²) in [5.74, 6) is 1.82. The van der Waals surface area contributed by atoms with Crippen molar-refractivity contribution in [2.75, 3.05) is 52.4 Å². The summed E-state index contributed by atoms with van der Waals surface area (Å²) in [6.45, 7) is 14.3. The largest absolute Gasteiger partial charge is 0.508 e. The number of carbonyl (C=O) groups excluding carboxylic acids is 2. The van der Waals surface area contributed by atoms with Crippen LogP contribution in [0.4, 0.5) is 0 Å². The van der Waals surface area contributed by atoms with Gasteiger partial charge in [0.2, 0.25) is 0 Å². The van der Waals surface area contributed by atoms with Crippen molar-refractivity contribution < 1.29 is 29.3 Å². The number of nitrogens with zero attached hydrogens (tertiary/aromatic N) is 4. The number of nitrogens with one attached hydrogen (secondary N) is 2. The topological polar surface area (TPSA) is 149 Å². The molecule has 4 N–H and O–H groups in total. The molecule has 2 atom stereocenters. The predicted molar refractivity (Wildman–Crippen MR) is 234 cm³/mol. The van der Waals surface area contributed by atoms with Gasteiger partial charge in [-0.1, -0.05) is 12.1 Å². The van der Waals surface area contributed by atoms with Crippen molar-refractivity contribution in [1.29, 1.82) is 0 Å². The van der Waals surface area contributed by atoms with E-state index < -0.39 is 0 Å². The number of fused-ring (bicyclic) bond motifs is 2. The zero-order valence-corrected chi connectivity index (χ0v) is 35.3. The third-order valence-corrected chi connectivity index (χ3v) is 12.0. The number of phenolic OH excluding ortho intramolecular Hbond substituents is 2. The van der Waals surface area contributed by atoms with E-state index in [0.717, 1.165) is 110 Å². The zero-order valence-electron chi connectivity index (χ0n) is 35.3. The van der Waals surface area contributed by atoms with E-state index in [0.29, 0.717) is 37.6 Å². The van der Waals surface area contributed by atoms with E-state index in [-0.39, 0.29) is 34.5 Å². The van der Waals surface area contributed by atoms with Crippen LogP contribution in [0.3, 0.4) is 0 Å². The highest BCUT2D eigenvalue weighted by atomic mass is 16.5. The number of phenols is 2. The summed E-state index contributed by atoms with van der Waals surface area (Å²) < 4.78 is 12.9. The van der Waals surface area contributed by atoms with Crippen LogP contribution in [0.5, 0.6) is 23.0 Å². The van der Waals surface area contributed by atoms with E-state index in [4.69, 9.17) is 9.47 Å². The fourth-order valence-electron chi connectivity index (χ4n) is 8.61. The molecule has 6 heterocycles. The maximum absolute atomic E-state index is 12.6. The molecule has 4 aliphatic rings. The van der Waals surface area contributed by atoms with Crippen LogP contribution in [-0.4, -0.2) is 105 Å². The van der Waals surface area contributed by atoms with Gasteiger partial charge < -0.3 is 40.1 Å². The number of amides is 2. The average molecular weight is 815 g/mol. The van der Waals surface area contributed by atoms with Crippen molar-refractivity contribution in [2.45, 2.75) is 77.4 Å². The molecule has 12 nitrogen and oxygen atoms in total. The molecule has 4 aliphatic heterocycles. The fourth-order valence-corrected chi connectivity index (χ4v) is 8.61. The molecule has 12 heteroatoms. The van der Waals surface area contributed by atoms with Gasteiger partial charge in [0.15, 0.2) is 0 Å². The molecule has 2 fully saturated rings. The van der Waals surface area contributed by atoms with Gasteiger partial charge in [0.25, 0.3) is 11.8 Å². The molecule has 0 radical (unpaired) electrons. The zero-order chi connectivity index (χ0) is 42.3. The van der Waals surface area contributed by atoms with Crippen LogP contribution < -0.4 is 20.1 Å². The van der Waals surface area contributed by atoms with Crippen molar-refractivity contribution in [3.05, 3.63) is 119 Å². The van der Waals surface area contributed by atoms with Gasteiger partial charge in [-0.2, -0.15) is 0 Å². The number of aromatic hydroxyl groups is 2. The quantitative estimate of drug-likeness (QED) is 0.144. The Morgan fingerprint density at radius 3 is 1.38 bits per heavy atom. The molecule has 316 valence electrons. The van der Waals surface area contributed by atoms with Crippen molar-refractivity contribution in [3.8, 4) is 23.0 Å². The Morgan fingerprint density at radius 2 is 1.02 bits per heavy atom. The van der Waals surface area contributed by atoms with E-state index >= 15 is 0 Å². The molecular weight excluding hydrogens is 757 g/mol. The SMILES string of the molecule is CCN(CC)C(=O)c1ccc(C2=CC3(CCCNCC3)Oc3ccc(O)cc32)cn1.CCN(CC)C(=O)c1ccc(C2=CC3(CCCNCC3)Oc3ccc(O)cc32)cn1. The summed E-state index contributed by atoms with van der Waals surface area (Å²) in [7, 11) is 0. The Bertz CT molecular complexity index is 2040. The molecule has 2 aromatic carbocycles. The average Bonchev–Trinajstić information content (AvgIpc) is 3.65. The molecule has 2 unspecified atom stereocenters. The van der Waals surface area contributed by atoms with Gasteiger partial charge in [0.05, 0.1) is 0 Å². The highest BCUT2D eigenvalue weighted by Crippen LogP contribution is 2.45. The van der Waals surface area contributed by atoms with Crippen LogP contribution in [0.15, 0.2) is 85.2 Å². The maximum Gasteiger partial charge on any atom is 0.272 e. The molecule has 8 rings (SSSR count). The summed E-state index contributed by atoms with van der Waals surface area (Å²) in [6, 6.07) is 17.9. The second kappa shape index (κ2) is 18.7. The normalized spacial score (nSPS) is 20.7. The van der Waals surface area contributed by atoms with Crippen LogP contribution in [0.25, 0.3) is 11.1 Å². The Hall–Kier alpha value is -5.72. The molecular formula is C48H58N6O6. The first kappa shape index (κ1) is 42.4. The number of hydrogen-bond donors (Lipinski definition) is 4. The highest BCUT2D eigenvalue weighted by Gasteiger charge is 2.38. The molecule has 2 aromatic heterocycles. The van der Waals surface area contributed by atoms with Gasteiger partial charge in [-0.15, -0.1) is 0 Å². The van der Waals surface area contributed by atoms with E-state index in [1.807, 2.05) is 52.0 Å². The monoisotopic (exact) mass is 814 g/mol. The second-order valence-corrected chi connectivity index (χ2v) is 15.8. The number of pyridine rings is 2. The summed E-state index contributed by atoms with van der Waals surface area (Å²) in [6.07, 6.45) is 13.6. The fraction of sp³-hybridized carbons (Fsp3) is 0.417. The lowest BCUT2D eigenvalue weighted by molar-refractivity contribution is 0.0759. The lowest BCUT2D eigenvalue weighted by Gasteiger charge is -2.36. The Morgan fingerprint density at radius 1 is 0.600 bits per heavy atom. The predicted octanol–water partition coefficient (Wildman–Crippen LogP) is 7.21. The number of carbonyl (C=O) groups is 2. The lowest BCUT2D eigenvalue weighted by atomic mass is 9.84. The highest BCUT2D eigenvalue weighted by molar-refractivity contribution is 5.94. The molecule has 0 saturated carbocycles. The van der Waals surface area contributed by atoms with Crippen LogP contribution in [0, 0.1) is 0 Å². The molecule has 2 amide bonds. The van der Waals surface area contributed by atoms with Crippen molar-refractivity contribution >= 4 is 23.0 Å². The van der Waals surface area contributed by atoms with Gasteiger partial charge in [0.1, 0.15) is 45.6 Å². The minimum Gasteiger partial charge on any atom is -0.508 e. The molecule has 0 bridgehead atoms. The van der Waals surface area contributed by atoms with E-state index in [1.54, 1.807) is 58.6 Å². The van der Waals surface area contributed by atoms with Gasteiger partial charge in [-0.25, -0.2) is 0 Å².